The van der Waals surface area contributed by atoms with Crippen LogP contribution < -0.4 is 4.74 Å². The Balaban J connectivity index is 1.63. The Labute approximate surface area is 179 Å². The van der Waals surface area contributed by atoms with E-state index in [1.807, 2.05) is 54.6 Å². The van der Waals surface area contributed by atoms with Gasteiger partial charge in [0.2, 0.25) is 0 Å². The summed E-state index contributed by atoms with van der Waals surface area (Å²) in [5, 5.41) is 10.5. The van der Waals surface area contributed by atoms with E-state index in [0.29, 0.717) is 11.4 Å². The first-order valence-corrected chi connectivity index (χ1v) is 10.6. The fraction of sp³-hybridized carbons (Fsp3) is 0.130. The molecule has 1 aromatic heterocycles. The number of benzene rings is 3. The van der Waals surface area contributed by atoms with Crippen molar-refractivity contribution in [3.05, 3.63) is 101 Å². The molecule has 0 spiro atoms. The maximum absolute atomic E-state index is 6.26. The van der Waals surface area contributed by atoms with Gasteiger partial charge in [-0.15, -0.1) is 10.2 Å². The molecule has 0 unspecified atom stereocenters. The van der Waals surface area contributed by atoms with Gasteiger partial charge < -0.3 is 4.74 Å². The quantitative estimate of drug-likeness (QED) is 0.353. The van der Waals surface area contributed by atoms with Crippen molar-refractivity contribution in [2.24, 2.45) is 0 Å². The number of hydrogen-bond donors (Lipinski definition) is 0. The highest BCUT2D eigenvalue weighted by atomic mass is 35.5. The second kappa shape index (κ2) is 9.16. The molecule has 0 N–H and O–H groups in total. The zero-order valence-corrected chi connectivity index (χ0v) is 17.5. The minimum Gasteiger partial charge on any atom is -0.497 e. The number of halogens is 1. The highest BCUT2D eigenvalue weighted by Gasteiger charge is 2.15. The lowest BCUT2D eigenvalue weighted by Crippen LogP contribution is -2.04. The third kappa shape index (κ3) is 4.81. The minimum atomic E-state index is 0.688. The molecular weight excluding hydrogens is 402 g/mol. The van der Waals surface area contributed by atoms with Gasteiger partial charge in [0.25, 0.3) is 0 Å². The van der Waals surface area contributed by atoms with E-state index in [1.165, 1.54) is 11.1 Å². The number of hydrogen-bond acceptors (Lipinski definition) is 4. The third-order valence-electron chi connectivity index (χ3n) is 4.50. The van der Waals surface area contributed by atoms with Gasteiger partial charge in [0, 0.05) is 17.2 Å². The SMILES string of the molecule is COc1ccc(CSc2nnc(Cc3ccccc3)n2-c2cccc(Cl)c2)cc1. The predicted molar refractivity (Wildman–Crippen MR) is 118 cm³/mol. The van der Waals surface area contributed by atoms with Crippen molar-refractivity contribution in [1.82, 2.24) is 14.8 Å². The molecule has 0 saturated heterocycles. The van der Waals surface area contributed by atoms with Crippen molar-refractivity contribution >= 4 is 23.4 Å². The summed E-state index contributed by atoms with van der Waals surface area (Å²) in [5.74, 6) is 2.52. The van der Waals surface area contributed by atoms with Gasteiger partial charge in [-0.2, -0.15) is 0 Å². The summed E-state index contributed by atoms with van der Waals surface area (Å²) >= 11 is 7.91. The Morgan fingerprint density at radius 3 is 2.41 bits per heavy atom. The first-order chi connectivity index (χ1) is 14.2. The van der Waals surface area contributed by atoms with Crippen LogP contribution in [0, 0.1) is 0 Å². The molecule has 0 fully saturated rings. The molecule has 1 heterocycles. The summed E-state index contributed by atoms with van der Waals surface area (Å²) in [6.45, 7) is 0. The van der Waals surface area contributed by atoms with Crippen LogP contribution in [0.1, 0.15) is 17.0 Å². The van der Waals surface area contributed by atoms with E-state index in [0.717, 1.165) is 28.2 Å². The van der Waals surface area contributed by atoms with Gasteiger partial charge in [-0.3, -0.25) is 4.57 Å². The van der Waals surface area contributed by atoms with Gasteiger partial charge in [0.1, 0.15) is 11.6 Å². The van der Waals surface area contributed by atoms with Crippen LogP contribution in [-0.2, 0) is 12.2 Å². The molecule has 4 nitrogen and oxygen atoms in total. The number of nitrogens with zero attached hydrogens (tertiary/aromatic N) is 3. The largest absolute Gasteiger partial charge is 0.497 e. The molecule has 4 rings (SSSR count). The minimum absolute atomic E-state index is 0.688. The van der Waals surface area contributed by atoms with Gasteiger partial charge in [-0.1, -0.05) is 71.9 Å². The normalized spacial score (nSPS) is 10.8. The Morgan fingerprint density at radius 1 is 0.897 bits per heavy atom. The number of ether oxygens (including phenoxy) is 1. The van der Waals surface area contributed by atoms with E-state index in [9.17, 15) is 0 Å². The van der Waals surface area contributed by atoms with Crippen LogP contribution in [0.3, 0.4) is 0 Å². The first kappa shape index (κ1) is 19.6. The summed E-state index contributed by atoms with van der Waals surface area (Å²) in [6, 6.07) is 26.1. The summed E-state index contributed by atoms with van der Waals surface area (Å²) in [7, 11) is 1.67. The molecule has 0 amide bonds. The Morgan fingerprint density at radius 2 is 1.69 bits per heavy atom. The van der Waals surface area contributed by atoms with Crippen LogP contribution in [0.2, 0.25) is 5.02 Å². The summed E-state index contributed by atoms with van der Waals surface area (Å²) < 4.78 is 7.32. The smallest absolute Gasteiger partial charge is 0.196 e. The summed E-state index contributed by atoms with van der Waals surface area (Å²) in [6.07, 6.45) is 0.698. The lowest BCUT2D eigenvalue weighted by atomic mass is 10.1. The zero-order valence-electron chi connectivity index (χ0n) is 16.0. The van der Waals surface area contributed by atoms with Gasteiger partial charge in [0.15, 0.2) is 5.16 Å². The average Bonchev–Trinajstić information content (AvgIpc) is 3.15. The van der Waals surface area contributed by atoms with Gasteiger partial charge in [-0.25, -0.2) is 0 Å². The number of aromatic nitrogens is 3. The Kier molecular flexibility index (Phi) is 6.17. The fourth-order valence-corrected chi connectivity index (χ4v) is 4.14. The van der Waals surface area contributed by atoms with Gasteiger partial charge in [-0.05, 0) is 41.5 Å². The fourth-order valence-electron chi connectivity index (χ4n) is 3.03. The van der Waals surface area contributed by atoms with Crippen LogP contribution in [0.25, 0.3) is 5.69 Å². The molecule has 146 valence electrons. The number of thioether (sulfide) groups is 1. The maximum Gasteiger partial charge on any atom is 0.196 e. The molecular formula is C23H20ClN3OS. The molecule has 0 radical (unpaired) electrons. The predicted octanol–water partition coefficient (Wildman–Crippen LogP) is 5.81. The van der Waals surface area contributed by atoms with Crippen molar-refractivity contribution in [2.45, 2.75) is 17.3 Å². The molecule has 6 heteroatoms. The monoisotopic (exact) mass is 421 g/mol. The summed E-state index contributed by atoms with van der Waals surface area (Å²) in [4.78, 5) is 0. The van der Waals surface area contributed by atoms with Crippen molar-refractivity contribution in [3.63, 3.8) is 0 Å². The standard InChI is InChI=1S/C23H20ClN3OS/c1-28-21-12-10-18(11-13-21)16-29-23-26-25-22(14-17-6-3-2-4-7-17)27(23)20-9-5-8-19(24)15-20/h2-13,15H,14,16H2,1H3. The molecule has 0 saturated carbocycles. The van der Waals surface area contributed by atoms with E-state index in [-0.39, 0.29) is 0 Å². The number of rotatable bonds is 7. The van der Waals surface area contributed by atoms with Crippen LogP contribution >= 0.6 is 23.4 Å². The lowest BCUT2D eigenvalue weighted by Gasteiger charge is -2.11. The van der Waals surface area contributed by atoms with Crippen molar-refractivity contribution in [3.8, 4) is 11.4 Å². The van der Waals surface area contributed by atoms with Crippen LogP contribution in [0.4, 0.5) is 0 Å². The zero-order chi connectivity index (χ0) is 20.1. The molecule has 4 aromatic rings. The van der Waals surface area contributed by atoms with Crippen molar-refractivity contribution in [1.29, 1.82) is 0 Å². The lowest BCUT2D eigenvalue weighted by molar-refractivity contribution is 0.414. The Bertz CT molecular complexity index is 1080. The van der Waals surface area contributed by atoms with E-state index in [2.05, 4.69) is 39.0 Å². The third-order valence-corrected chi connectivity index (χ3v) is 5.73. The molecule has 0 aliphatic rings. The van der Waals surface area contributed by atoms with Crippen molar-refractivity contribution in [2.75, 3.05) is 7.11 Å². The Hall–Kier alpha value is -2.76. The maximum atomic E-state index is 6.26. The molecule has 0 aliphatic heterocycles. The molecule has 0 atom stereocenters. The average molecular weight is 422 g/mol. The second-order valence-electron chi connectivity index (χ2n) is 6.51. The summed E-state index contributed by atoms with van der Waals surface area (Å²) in [5.41, 5.74) is 3.35. The van der Waals surface area contributed by atoms with Crippen LogP contribution in [0.5, 0.6) is 5.75 Å². The highest BCUT2D eigenvalue weighted by molar-refractivity contribution is 7.98. The molecule has 29 heavy (non-hydrogen) atoms. The van der Waals surface area contributed by atoms with Crippen LogP contribution in [-0.4, -0.2) is 21.9 Å². The van der Waals surface area contributed by atoms with E-state index in [1.54, 1.807) is 18.9 Å². The van der Waals surface area contributed by atoms with Gasteiger partial charge >= 0.3 is 0 Å². The first-order valence-electron chi connectivity index (χ1n) is 9.23. The van der Waals surface area contributed by atoms with E-state index in [4.69, 9.17) is 16.3 Å². The second-order valence-corrected chi connectivity index (χ2v) is 7.89. The molecule has 0 aliphatic carbocycles. The van der Waals surface area contributed by atoms with Gasteiger partial charge in [0.05, 0.1) is 12.8 Å². The number of methoxy groups -OCH3 is 1. The van der Waals surface area contributed by atoms with Crippen LogP contribution in [0.15, 0.2) is 84.0 Å². The molecule has 0 bridgehead atoms. The highest BCUT2D eigenvalue weighted by Crippen LogP contribution is 2.28. The molecule has 3 aromatic carbocycles. The van der Waals surface area contributed by atoms with Crippen molar-refractivity contribution < 1.29 is 4.74 Å². The van der Waals surface area contributed by atoms with E-state index < -0.39 is 0 Å². The topological polar surface area (TPSA) is 39.9 Å². The van der Waals surface area contributed by atoms with E-state index >= 15 is 0 Å².